The Hall–Kier alpha value is -3.65. The lowest BCUT2D eigenvalue weighted by Gasteiger charge is -2.17. The molecule has 186 valence electrons. The molecular weight excluding hydrogens is 524 g/mol. The van der Waals surface area contributed by atoms with Crippen molar-refractivity contribution in [3.63, 3.8) is 0 Å². The maximum Gasteiger partial charge on any atom is 0.311 e. The fraction of sp³-hybridized carbons (Fsp3) is 0.250. The number of ether oxygens (including phenoxy) is 2. The zero-order valence-corrected chi connectivity index (χ0v) is 21.9. The Balaban J connectivity index is 1.30. The van der Waals surface area contributed by atoms with Crippen molar-refractivity contribution in [2.24, 2.45) is 5.92 Å². The second-order valence-corrected chi connectivity index (χ2v) is 9.67. The number of benzene rings is 3. The molecule has 2 amide bonds. The van der Waals surface area contributed by atoms with Crippen LogP contribution in [0.25, 0.3) is 0 Å². The molecule has 1 aliphatic heterocycles. The van der Waals surface area contributed by atoms with Gasteiger partial charge in [-0.1, -0.05) is 33.6 Å². The number of halogens is 1. The number of esters is 1. The number of carbonyl (C=O) groups excluding carboxylic acids is 3. The van der Waals surface area contributed by atoms with Crippen molar-refractivity contribution in [3.05, 3.63) is 81.8 Å². The summed E-state index contributed by atoms with van der Waals surface area (Å²) < 4.78 is 12.0. The van der Waals surface area contributed by atoms with Crippen LogP contribution in [0.4, 0.5) is 11.4 Å². The van der Waals surface area contributed by atoms with Crippen molar-refractivity contribution in [2.45, 2.75) is 27.2 Å². The van der Waals surface area contributed by atoms with Crippen molar-refractivity contribution >= 4 is 45.1 Å². The summed E-state index contributed by atoms with van der Waals surface area (Å²) >= 11 is 3.46. The molecule has 0 aliphatic carbocycles. The Labute approximate surface area is 218 Å². The summed E-state index contributed by atoms with van der Waals surface area (Å²) in [6.07, 6.45) is 0.0348. The first-order valence-corrected chi connectivity index (χ1v) is 12.4. The lowest BCUT2D eigenvalue weighted by Crippen LogP contribution is -2.28. The third-order valence-electron chi connectivity index (χ3n) is 6.20. The zero-order valence-electron chi connectivity index (χ0n) is 20.3. The molecule has 0 radical (unpaired) electrons. The van der Waals surface area contributed by atoms with Crippen LogP contribution in [-0.2, 0) is 19.1 Å². The Kier molecular flexibility index (Phi) is 7.74. The number of anilines is 2. The zero-order chi connectivity index (χ0) is 25.8. The van der Waals surface area contributed by atoms with Gasteiger partial charge in [0, 0.05) is 28.8 Å². The van der Waals surface area contributed by atoms with E-state index in [4.69, 9.17) is 9.47 Å². The van der Waals surface area contributed by atoms with Gasteiger partial charge in [-0.2, -0.15) is 0 Å². The summed E-state index contributed by atoms with van der Waals surface area (Å²) in [5.41, 5.74) is 4.42. The van der Waals surface area contributed by atoms with Gasteiger partial charge in [0.1, 0.15) is 11.5 Å². The molecule has 1 N–H and O–H groups in total. The van der Waals surface area contributed by atoms with Crippen molar-refractivity contribution in [1.29, 1.82) is 0 Å². The predicted octanol–water partition coefficient (Wildman–Crippen LogP) is 5.70. The van der Waals surface area contributed by atoms with E-state index in [1.165, 1.54) is 0 Å². The van der Waals surface area contributed by atoms with Crippen LogP contribution >= 0.6 is 15.9 Å². The van der Waals surface area contributed by atoms with E-state index in [1.807, 2.05) is 51.1 Å². The quantitative estimate of drug-likeness (QED) is 0.381. The van der Waals surface area contributed by atoms with Crippen LogP contribution in [-0.4, -0.2) is 30.9 Å². The van der Waals surface area contributed by atoms with Gasteiger partial charge in [0.05, 0.1) is 5.92 Å². The summed E-state index contributed by atoms with van der Waals surface area (Å²) in [6, 6.07) is 18.5. The van der Waals surface area contributed by atoms with Gasteiger partial charge in [0.2, 0.25) is 5.91 Å². The molecule has 7 nitrogen and oxygen atoms in total. The fourth-order valence-electron chi connectivity index (χ4n) is 3.92. The molecule has 1 atom stereocenters. The van der Waals surface area contributed by atoms with Gasteiger partial charge in [-0.15, -0.1) is 0 Å². The lowest BCUT2D eigenvalue weighted by atomic mass is 10.1. The van der Waals surface area contributed by atoms with Crippen LogP contribution in [0.3, 0.4) is 0 Å². The van der Waals surface area contributed by atoms with Gasteiger partial charge in [-0.05, 0) is 80.4 Å². The minimum absolute atomic E-state index is 0.0348. The summed E-state index contributed by atoms with van der Waals surface area (Å²) in [5.74, 6) is -0.433. The van der Waals surface area contributed by atoms with Gasteiger partial charge in [0.25, 0.3) is 5.91 Å². The van der Waals surface area contributed by atoms with Crippen LogP contribution in [0.1, 0.15) is 23.1 Å². The molecule has 1 fully saturated rings. The minimum Gasteiger partial charge on any atom is -0.457 e. The molecule has 3 aromatic rings. The Morgan fingerprint density at radius 3 is 2.25 bits per heavy atom. The number of aryl methyl sites for hydroxylation is 1. The molecule has 1 saturated heterocycles. The summed E-state index contributed by atoms with van der Waals surface area (Å²) in [4.78, 5) is 39.0. The second kappa shape index (κ2) is 11.0. The largest absolute Gasteiger partial charge is 0.457 e. The van der Waals surface area contributed by atoms with Crippen LogP contribution in [0.15, 0.2) is 65.1 Å². The molecule has 8 heteroatoms. The van der Waals surface area contributed by atoms with Crippen LogP contribution in [0, 0.1) is 26.7 Å². The number of nitrogens with one attached hydrogen (secondary N) is 1. The Morgan fingerprint density at radius 2 is 1.58 bits per heavy atom. The molecule has 0 unspecified atom stereocenters. The van der Waals surface area contributed by atoms with Gasteiger partial charge >= 0.3 is 5.97 Å². The molecule has 0 aromatic heterocycles. The number of hydrogen-bond acceptors (Lipinski definition) is 5. The van der Waals surface area contributed by atoms with Crippen molar-refractivity contribution in [1.82, 2.24) is 0 Å². The van der Waals surface area contributed by atoms with Crippen LogP contribution in [0.5, 0.6) is 11.5 Å². The minimum atomic E-state index is -0.634. The molecule has 4 rings (SSSR count). The van der Waals surface area contributed by atoms with Crippen LogP contribution in [0.2, 0.25) is 0 Å². The first-order valence-electron chi connectivity index (χ1n) is 11.6. The number of hydrogen-bond donors (Lipinski definition) is 1. The Bertz CT molecular complexity index is 1290. The average molecular weight is 551 g/mol. The average Bonchev–Trinajstić information content (AvgIpc) is 3.26. The lowest BCUT2D eigenvalue weighted by molar-refractivity contribution is -0.151. The van der Waals surface area contributed by atoms with Crippen molar-refractivity contribution < 1.29 is 23.9 Å². The molecule has 0 bridgehead atoms. The second-order valence-electron chi connectivity index (χ2n) is 8.82. The molecule has 1 aliphatic rings. The van der Waals surface area contributed by atoms with E-state index in [-0.39, 0.29) is 18.9 Å². The highest BCUT2D eigenvalue weighted by atomic mass is 79.9. The maximum atomic E-state index is 12.6. The third-order valence-corrected chi connectivity index (χ3v) is 7.06. The fourth-order valence-corrected chi connectivity index (χ4v) is 4.34. The number of rotatable bonds is 7. The van der Waals surface area contributed by atoms with E-state index < -0.39 is 24.4 Å². The first-order chi connectivity index (χ1) is 17.2. The maximum absolute atomic E-state index is 12.6. The van der Waals surface area contributed by atoms with Gasteiger partial charge in [-0.3, -0.25) is 14.4 Å². The van der Waals surface area contributed by atoms with E-state index in [0.29, 0.717) is 17.1 Å². The van der Waals surface area contributed by atoms with Crippen LogP contribution < -0.4 is 15.0 Å². The van der Waals surface area contributed by atoms with Gasteiger partial charge in [0.15, 0.2) is 6.61 Å². The monoisotopic (exact) mass is 550 g/mol. The molecule has 3 aromatic carbocycles. The molecule has 1 heterocycles. The third kappa shape index (κ3) is 5.94. The predicted molar refractivity (Wildman–Crippen MR) is 141 cm³/mol. The molecule has 0 spiro atoms. The summed E-state index contributed by atoms with van der Waals surface area (Å²) in [7, 11) is 0. The number of carbonyl (C=O) groups is 3. The van der Waals surface area contributed by atoms with E-state index in [0.717, 1.165) is 26.9 Å². The molecule has 0 saturated carbocycles. The molecule has 36 heavy (non-hydrogen) atoms. The summed E-state index contributed by atoms with van der Waals surface area (Å²) in [6.45, 7) is 5.64. The highest BCUT2D eigenvalue weighted by Gasteiger charge is 2.36. The van der Waals surface area contributed by atoms with E-state index in [1.54, 1.807) is 35.2 Å². The topological polar surface area (TPSA) is 84.9 Å². The van der Waals surface area contributed by atoms with Crippen molar-refractivity contribution in [2.75, 3.05) is 23.4 Å². The first kappa shape index (κ1) is 25.4. The Morgan fingerprint density at radius 1 is 0.944 bits per heavy atom. The van der Waals surface area contributed by atoms with E-state index in [9.17, 15) is 14.4 Å². The van der Waals surface area contributed by atoms with Gasteiger partial charge in [-0.25, -0.2) is 0 Å². The summed E-state index contributed by atoms with van der Waals surface area (Å²) in [5, 5.41) is 2.77. The van der Waals surface area contributed by atoms with Gasteiger partial charge < -0.3 is 19.7 Å². The normalized spacial score (nSPS) is 15.1. The number of nitrogens with zero attached hydrogens (tertiary/aromatic N) is 1. The number of amides is 2. The highest BCUT2D eigenvalue weighted by Crippen LogP contribution is 2.29. The smallest absolute Gasteiger partial charge is 0.311 e. The SMILES string of the molecule is Cc1ccc(Oc2ccc(N3C[C@@H](C(=O)OCC(=O)Nc4ccc(Br)c(C)c4C)CC3=O)cc2)cc1. The highest BCUT2D eigenvalue weighted by molar-refractivity contribution is 9.10. The molecular formula is C28H27BrN2O5. The van der Waals surface area contributed by atoms with Crippen molar-refractivity contribution in [3.8, 4) is 11.5 Å². The standard InChI is InChI=1S/C28H27BrN2O5/c1-17-4-8-22(9-5-17)36-23-10-6-21(7-11-23)31-15-20(14-27(31)33)28(34)35-16-26(32)30-25-13-12-24(29)18(2)19(25)3/h4-13,20H,14-16H2,1-3H3,(H,30,32)/t20-/m0/s1. The van der Waals surface area contributed by atoms with E-state index in [2.05, 4.69) is 21.2 Å². The van der Waals surface area contributed by atoms with E-state index >= 15 is 0 Å².